The van der Waals surface area contributed by atoms with Gasteiger partial charge in [0, 0.05) is 18.0 Å². The van der Waals surface area contributed by atoms with Gasteiger partial charge in [0.1, 0.15) is 11.3 Å². The molecule has 18 heavy (non-hydrogen) atoms. The van der Waals surface area contributed by atoms with Crippen LogP contribution in [0.1, 0.15) is 21.7 Å². The molecule has 0 aliphatic rings. The smallest absolute Gasteiger partial charge is 0.369 e. The molecule has 0 spiro atoms. The number of pyridine rings is 1. The maximum absolute atomic E-state index is 11.6. The molecule has 2 aromatic rings. The Hall–Kier alpha value is -2.63. The molecule has 0 aliphatic heterocycles. The Labute approximate surface area is 103 Å². The predicted octanol–water partition coefficient (Wildman–Crippen LogP) is 1.46. The first-order valence-corrected chi connectivity index (χ1v) is 5.18. The molecule has 0 amide bonds. The predicted molar refractivity (Wildman–Crippen MR) is 63.8 cm³/mol. The molecule has 0 saturated heterocycles. The van der Waals surface area contributed by atoms with Crippen LogP contribution in [0.4, 0.5) is 0 Å². The van der Waals surface area contributed by atoms with Crippen molar-refractivity contribution >= 4 is 11.8 Å². The van der Waals surface area contributed by atoms with E-state index in [2.05, 4.69) is 10.1 Å². The average molecular weight is 245 g/mol. The lowest BCUT2D eigenvalue weighted by atomic mass is 10.2. The zero-order valence-corrected chi connectivity index (χ0v) is 9.66. The van der Waals surface area contributed by atoms with Gasteiger partial charge in [0.25, 0.3) is 0 Å². The number of carbonyl (C=O) groups is 1. The number of aryl methyl sites for hydroxylation is 1. The maximum atomic E-state index is 11.6. The van der Waals surface area contributed by atoms with Gasteiger partial charge in [-0.05, 0) is 25.1 Å². The van der Waals surface area contributed by atoms with Crippen molar-refractivity contribution in [3.63, 3.8) is 0 Å². The van der Waals surface area contributed by atoms with Crippen LogP contribution >= 0.6 is 0 Å². The van der Waals surface area contributed by atoms with Crippen LogP contribution in [0.5, 0.6) is 0 Å². The first kappa shape index (κ1) is 11.8. The van der Waals surface area contributed by atoms with Crippen molar-refractivity contribution in [1.29, 1.82) is 0 Å². The van der Waals surface area contributed by atoms with E-state index in [1.165, 1.54) is 12.3 Å². The number of oxime groups is 1. The minimum Gasteiger partial charge on any atom is -0.469 e. The van der Waals surface area contributed by atoms with Crippen molar-refractivity contribution in [3.8, 4) is 0 Å². The van der Waals surface area contributed by atoms with Crippen LogP contribution in [0, 0.1) is 6.92 Å². The molecule has 0 fully saturated rings. The Morgan fingerprint density at radius 1 is 1.39 bits per heavy atom. The van der Waals surface area contributed by atoms with Crippen molar-refractivity contribution in [1.82, 2.24) is 4.98 Å². The van der Waals surface area contributed by atoms with Gasteiger partial charge >= 0.3 is 5.97 Å². The van der Waals surface area contributed by atoms with Crippen LogP contribution in [-0.2, 0) is 4.84 Å². The van der Waals surface area contributed by atoms with Crippen molar-refractivity contribution in [3.05, 3.63) is 53.7 Å². The molecule has 0 aliphatic carbocycles. The summed E-state index contributed by atoms with van der Waals surface area (Å²) in [6, 6.07) is 4.83. The molecule has 6 heteroatoms. The molecule has 0 saturated carbocycles. The summed E-state index contributed by atoms with van der Waals surface area (Å²) < 4.78 is 4.99. The van der Waals surface area contributed by atoms with E-state index in [1.807, 2.05) is 0 Å². The molecule has 0 radical (unpaired) electrons. The van der Waals surface area contributed by atoms with E-state index in [-0.39, 0.29) is 5.84 Å². The van der Waals surface area contributed by atoms with Gasteiger partial charge in [-0.25, -0.2) is 4.79 Å². The summed E-state index contributed by atoms with van der Waals surface area (Å²) in [5, 5.41) is 3.57. The lowest BCUT2D eigenvalue weighted by molar-refractivity contribution is 0.0514. The molecule has 0 aromatic carbocycles. The summed E-state index contributed by atoms with van der Waals surface area (Å²) in [4.78, 5) is 20.2. The molecular formula is C12H11N3O3. The number of nitrogens with zero attached hydrogens (tertiary/aromatic N) is 2. The largest absolute Gasteiger partial charge is 0.469 e. The Kier molecular flexibility index (Phi) is 3.38. The lowest BCUT2D eigenvalue weighted by Gasteiger charge is -1.99. The Morgan fingerprint density at radius 3 is 2.72 bits per heavy atom. The Balaban J connectivity index is 2.08. The highest BCUT2D eigenvalue weighted by Gasteiger charge is 2.13. The lowest BCUT2D eigenvalue weighted by Crippen LogP contribution is -2.15. The summed E-state index contributed by atoms with van der Waals surface area (Å²) in [6.07, 6.45) is 4.54. The molecule has 2 rings (SSSR count). The third-order valence-electron chi connectivity index (χ3n) is 2.28. The van der Waals surface area contributed by atoms with Crippen LogP contribution in [0.2, 0.25) is 0 Å². The van der Waals surface area contributed by atoms with E-state index in [1.54, 1.807) is 31.5 Å². The van der Waals surface area contributed by atoms with Crippen molar-refractivity contribution in [2.45, 2.75) is 6.92 Å². The van der Waals surface area contributed by atoms with Crippen LogP contribution in [0.15, 0.2) is 46.4 Å². The molecule has 0 bridgehead atoms. The van der Waals surface area contributed by atoms with E-state index in [0.717, 1.165) is 0 Å². The Bertz CT molecular complexity index is 575. The highest BCUT2D eigenvalue weighted by molar-refractivity contribution is 5.98. The van der Waals surface area contributed by atoms with E-state index >= 15 is 0 Å². The normalized spacial score (nSPS) is 11.3. The van der Waals surface area contributed by atoms with Crippen LogP contribution in [-0.4, -0.2) is 16.8 Å². The fraction of sp³-hybridized carbons (Fsp3) is 0.0833. The standard InChI is InChI=1S/C12H11N3O3/c1-8-10(4-7-17-8)12(16)18-15-11(13)9-2-5-14-6-3-9/h2-7H,1H3,(H2,13,15). The Morgan fingerprint density at radius 2 is 2.11 bits per heavy atom. The van der Waals surface area contributed by atoms with E-state index < -0.39 is 5.97 Å². The SMILES string of the molecule is Cc1occc1C(=O)ON=C(N)c1ccncc1. The molecule has 0 unspecified atom stereocenters. The van der Waals surface area contributed by atoms with E-state index in [0.29, 0.717) is 16.9 Å². The zero-order valence-electron chi connectivity index (χ0n) is 9.66. The highest BCUT2D eigenvalue weighted by Crippen LogP contribution is 2.10. The number of amidine groups is 1. The number of hydrogen-bond acceptors (Lipinski definition) is 5. The van der Waals surface area contributed by atoms with Crippen molar-refractivity contribution < 1.29 is 14.0 Å². The van der Waals surface area contributed by atoms with Gasteiger partial charge in [0.05, 0.1) is 6.26 Å². The molecule has 0 atom stereocenters. The first-order chi connectivity index (χ1) is 8.68. The molecule has 2 heterocycles. The number of carbonyl (C=O) groups excluding carboxylic acids is 1. The number of hydrogen-bond donors (Lipinski definition) is 1. The molecule has 6 nitrogen and oxygen atoms in total. The van der Waals surface area contributed by atoms with Gasteiger partial charge in [-0.15, -0.1) is 0 Å². The second-order valence-corrected chi connectivity index (χ2v) is 3.48. The fourth-order valence-corrected chi connectivity index (χ4v) is 1.31. The van der Waals surface area contributed by atoms with Gasteiger partial charge in [-0.2, -0.15) is 0 Å². The van der Waals surface area contributed by atoms with E-state index in [4.69, 9.17) is 15.0 Å². The van der Waals surface area contributed by atoms with Gasteiger partial charge in [0.15, 0.2) is 5.84 Å². The molecule has 92 valence electrons. The number of rotatable bonds is 3. The summed E-state index contributed by atoms with van der Waals surface area (Å²) in [6.45, 7) is 1.66. The van der Waals surface area contributed by atoms with Gasteiger partial charge in [-0.3, -0.25) is 4.98 Å². The summed E-state index contributed by atoms with van der Waals surface area (Å²) in [7, 11) is 0. The number of nitrogens with two attached hydrogens (primary N) is 1. The molecule has 2 aromatic heterocycles. The highest BCUT2D eigenvalue weighted by atomic mass is 16.7. The second-order valence-electron chi connectivity index (χ2n) is 3.48. The van der Waals surface area contributed by atoms with Gasteiger partial charge in [0.2, 0.25) is 0 Å². The number of furan rings is 1. The van der Waals surface area contributed by atoms with Crippen LogP contribution in [0.3, 0.4) is 0 Å². The van der Waals surface area contributed by atoms with Crippen LogP contribution < -0.4 is 5.73 Å². The minimum atomic E-state index is -0.613. The topological polar surface area (TPSA) is 90.7 Å². The number of aromatic nitrogens is 1. The molecular weight excluding hydrogens is 234 g/mol. The first-order valence-electron chi connectivity index (χ1n) is 5.18. The van der Waals surface area contributed by atoms with E-state index in [9.17, 15) is 4.79 Å². The average Bonchev–Trinajstić information content (AvgIpc) is 2.83. The van der Waals surface area contributed by atoms with Gasteiger partial charge in [-0.1, -0.05) is 5.16 Å². The third kappa shape index (κ3) is 2.54. The molecule has 2 N–H and O–H groups in total. The monoisotopic (exact) mass is 245 g/mol. The quantitative estimate of drug-likeness (QED) is 0.382. The van der Waals surface area contributed by atoms with Crippen molar-refractivity contribution in [2.75, 3.05) is 0 Å². The third-order valence-corrected chi connectivity index (χ3v) is 2.28. The second kappa shape index (κ2) is 5.13. The fourth-order valence-electron chi connectivity index (χ4n) is 1.31. The minimum absolute atomic E-state index is 0.104. The zero-order chi connectivity index (χ0) is 13.0. The van der Waals surface area contributed by atoms with Gasteiger partial charge < -0.3 is 15.0 Å². The van der Waals surface area contributed by atoms with Crippen LogP contribution in [0.25, 0.3) is 0 Å². The summed E-state index contributed by atoms with van der Waals surface area (Å²) >= 11 is 0. The summed E-state index contributed by atoms with van der Waals surface area (Å²) in [5.41, 5.74) is 6.60. The summed E-state index contributed by atoms with van der Waals surface area (Å²) in [5.74, 6) is -0.0390. The van der Waals surface area contributed by atoms with Crippen molar-refractivity contribution in [2.24, 2.45) is 10.9 Å². The maximum Gasteiger partial charge on any atom is 0.369 e.